The predicted molar refractivity (Wildman–Crippen MR) is 361 cm³/mol. The van der Waals surface area contributed by atoms with E-state index in [-0.39, 0.29) is 32.5 Å². The van der Waals surface area contributed by atoms with Gasteiger partial charge < -0.3 is 9.80 Å². The zero-order valence-corrected chi connectivity index (χ0v) is 54.0. The molecule has 8 aromatic carbocycles. The van der Waals surface area contributed by atoms with Crippen molar-refractivity contribution in [1.29, 1.82) is 0 Å². The van der Waals surface area contributed by atoms with Crippen LogP contribution in [-0.4, -0.2) is 0 Å². The quantitative estimate of drug-likeness (QED) is 0.164. The summed E-state index contributed by atoms with van der Waals surface area (Å²) in [7, 11) is 0. The fourth-order valence-electron chi connectivity index (χ4n) is 14.7. The molecule has 0 unspecified atom stereocenters. The molecule has 2 aromatic heterocycles. The van der Waals surface area contributed by atoms with Crippen molar-refractivity contribution in [3.8, 4) is 0 Å². The lowest BCUT2D eigenvalue weighted by atomic mass is 9.48. The molecule has 10 aromatic rings. The van der Waals surface area contributed by atoms with Gasteiger partial charge in [0.05, 0.1) is 10.8 Å². The van der Waals surface area contributed by atoms with Crippen LogP contribution in [0.2, 0.25) is 0 Å². The van der Waals surface area contributed by atoms with Crippen LogP contribution in [0.4, 0.5) is 32.8 Å². The summed E-state index contributed by atoms with van der Waals surface area (Å²) >= 11 is 4.00. The Hall–Kier alpha value is -7.24. The van der Waals surface area contributed by atoms with Crippen molar-refractivity contribution in [3.05, 3.63) is 294 Å². The molecule has 0 saturated heterocycles. The van der Waals surface area contributed by atoms with Crippen LogP contribution in [0.5, 0.6) is 0 Å². The number of hydrogen-bond acceptors (Lipinski definition) is 4. The first kappa shape index (κ1) is 55.9. The summed E-state index contributed by atoms with van der Waals surface area (Å²) in [4.78, 5) is 7.88. The summed E-state index contributed by atoms with van der Waals surface area (Å²) < 4.78 is 0. The summed E-state index contributed by atoms with van der Waals surface area (Å²) in [5, 5.41) is 2.39. The van der Waals surface area contributed by atoms with E-state index in [1.165, 1.54) is 97.6 Å². The molecule has 13 rings (SSSR count). The minimum Gasteiger partial charge on any atom is -0.302 e. The molecule has 0 fully saturated rings. The van der Waals surface area contributed by atoms with E-state index >= 15 is 0 Å². The van der Waals surface area contributed by atoms with Crippen LogP contribution in [-0.2, 0) is 43.3 Å². The van der Waals surface area contributed by atoms with E-state index in [2.05, 4.69) is 327 Å². The van der Waals surface area contributed by atoms with Gasteiger partial charge in [0.15, 0.2) is 0 Å². The van der Waals surface area contributed by atoms with Crippen molar-refractivity contribution in [1.82, 2.24) is 0 Å². The molecular formula is C80H82N2S2. The van der Waals surface area contributed by atoms with Gasteiger partial charge in [0.1, 0.15) is 10.0 Å². The lowest BCUT2D eigenvalue weighted by Gasteiger charge is -2.55. The van der Waals surface area contributed by atoms with Crippen molar-refractivity contribution in [2.24, 2.45) is 0 Å². The highest BCUT2D eigenvalue weighted by molar-refractivity contribution is 7.18. The van der Waals surface area contributed by atoms with Crippen molar-refractivity contribution in [2.75, 3.05) is 9.80 Å². The molecule has 0 saturated carbocycles. The zero-order chi connectivity index (χ0) is 59.3. The highest BCUT2D eigenvalue weighted by atomic mass is 32.1. The van der Waals surface area contributed by atoms with Gasteiger partial charge >= 0.3 is 0 Å². The number of benzene rings is 8. The molecule has 3 aliphatic rings. The summed E-state index contributed by atoms with van der Waals surface area (Å²) in [6, 6.07) is 81.1. The van der Waals surface area contributed by atoms with Crippen LogP contribution in [0.1, 0.15) is 198 Å². The van der Waals surface area contributed by atoms with Gasteiger partial charge in [0.2, 0.25) is 0 Å². The van der Waals surface area contributed by atoms with Crippen molar-refractivity contribution < 1.29 is 0 Å². The van der Waals surface area contributed by atoms with Gasteiger partial charge in [-0.15, -0.1) is 22.7 Å². The highest BCUT2D eigenvalue weighted by Crippen LogP contribution is 2.71. The smallest absolute Gasteiger partial charge is 0.101 e. The van der Waals surface area contributed by atoms with Crippen LogP contribution in [0.15, 0.2) is 206 Å². The number of nitrogens with zero attached hydrogens (tertiary/aromatic N) is 2. The van der Waals surface area contributed by atoms with Crippen molar-refractivity contribution >= 4 is 55.4 Å². The standard InChI is InChI=1S/C80H82N2S2/c1-73(2,3)51-33-41-55(42-34-51)81(56-43-35-52(36-44-56)74(4,5)6)69-49-67-71(83-69)80(65-31-23-19-27-61(65)78(15,16)62-28-20-24-32-66(62)80)68-50-70(82(57-45-37-53(38-46-57)75(7,8)9)58-47-39-54(40-48-58)76(10,11)12)84-72(68)79(67)63-29-21-17-25-59(63)77(13,14)60-26-18-22-30-64(60)79/h17-50H,1-16H3. The lowest BCUT2D eigenvalue weighted by Crippen LogP contribution is -2.50. The lowest BCUT2D eigenvalue weighted by molar-refractivity contribution is 0.522. The molecule has 84 heavy (non-hydrogen) atoms. The third kappa shape index (κ3) is 8.35. The van der Waals surface area contributed by atoms with Gasteiger partial charge in [-0.05, 0) is 160 Å². The van der Waals surface area contributed by atoms with Gasteiger partial charge in [0, 0.05) is 43.3 Å². The Morgan fingerprint density at radius 2 is 0.464 bits per heavy atom. The Morgan fingerprint density at radius 1 is 0.262 bits per heavy atom. The molecule has 0 N–H and O–H groups in total. The van der Waals surface area contributed by atoms with Crippen LogP contribution >= 0.6 is 22.7 Å². The molecule has 4 heteroatoms. The summed E-state index contributed by atoms with van der Waals surface area (Å²) in [6.45, 7) is 37.6. The van der Waals surface area contributed by atoms with Crippen LogP contribution in [0.25, 0.3) is 0 Å². The second kappa shape index (κ2) is 19.1. The van der Waals surface area contributed by atoms with Crippen LogP contribution < -0.4 is 9.80 Å². The van der Waals surface area contributed by atoms with E-state index in [0.717, 1.165) is 22.7 Å². The SMILES string of the molecule is CC(C)(C)c1ccc(N(c2ccc(C(C)(C)C)cc2)c2cc3c(s2)C2(c4ccccc4C(C)(C)c4ccccc42)c2cc(N(c4ccc(C(C)(C)C)cc4)c4ccc(C(C)(C)C)cc4)sc2C32c3ccccc3C(C)(C)c3ccccc32)cc1. The minimum absolute atomic E-state index is 0.00118. The van der Waals surface area contributed by atoms with E-state index in [1.54, 1.807) is 0 Å². The second-order valence-corrected chi connectivity index (χ2v) is 31.5. The predicted octanol–water partition coefficient (Wildman–Crippen LogP) is 22.3. The summed E-state index contributed by atoms with van der Waals surface area (Å²) in [5.41, 5.74) is 21.4. The third-order valence-electron chi connectivity index (χ3n) is 19.4. The molecule has 2 nitrogen and oxygen atoms in total. The van der Waals surface area contributed by atoms with E-state index in [4.69, 9.17) is 0 Å². The average Bonchev–Trinajstić information content (AvgIpc) is 1.24. The van der Waals surface area contributed by atoms with E-state index in [9.17, 15) is 0 Å². The molecule has 424 valence electrons. The molecule has 0 radical (unpaired) electrons. The summed E-state index contributed by atoms with van der Waals surface area (Å²) in [6.07, 6.45) is 0. The largest absolute Gasteiger partial charge is 0.302 e. The second-order valence-electron chi connectivity index (χ2n) is 29.4. The average molecular weight is 1140 g/mol. The number of hydrogen-bond donors (Lipinski definition) is 0. The Bertz CT molecular complexity index is 3620. The molecule has 0 atom stereocenters. The Balaban J connectivity index is 1.21. The van der Waals surface area contributed by atoms with Gasteiger partial charge in [-0.25, -0.2) is 0 Å². The van der Waals surface area contributed by atoms with E-state index in [0.29, 0.717) is 0 Å². The molecular weight excluding hydrogens is 1050 g/mol. The van der Waals surface area contributed by atoms with Gasteiger partial charge in [-0.2, -0.15) is 0 Å². The molecule has 0 bridgehead atoms. The first-order valence-corrected chi connectivity index (χ1v) is 32.0. The van der Waals surface area contributed by atoms with Gasteiger partial charge in [-0.1, -0.05) is 256 Å². The third-order valence-corrected chi connectivity index (χ3v) is 21.8. The van der Waals surface area contributed by atoms with Gasteiger partial charge in [-0.3, -0.25) is 0 Å². The Labute approximate surface area is 509 Å². The fraction of sp³-hybridized carbons (Fsp3) is 0.300. The maximum atomic E-state index is 2.66. The topological polar surface area (TPSA) is 6.48 Å². The Kier molecular flexibility index (Phi) is 12.7. The zero-order valence-electron chi connectivity index (χ0n) is 52.3. The number of thiophene rings is 2. The molecule has 2 heterocycles. The summed E-state index contributed by atoms with van der Waals surface area (Å²) in [5.74, 6) is 0. The van der Waals surface area contributed by atoms with Crippen molar-refractivity contribution in [3.63, 3.8) is 0 Å². The normalized spacial score (nSPS) is 16.0. The minimum atomic E-state index is -0.733. The maximum absolute atomic E-state index is 2.66. The van der Waals surface area contributed by atoms with E-state index < -0.39 is 10.8 Å². The molecule has 0 amide bonds. The molecule has 3 aliphatic carbocycles. The molecule has 0 aliphatic heterocycles. The fourth-order valence-corrected chi connectivity index (χ4v) is 17.6. The first-order valence-electron chi connectivity index (χ1n) is 30.4. The van der Waals surface area contributed by atoms with Gasteiger partial charge in [0.25, 0.3) is 0 Å². The van der Waals surface area contributed by atoms with Crippen LogP contribution in [0, 0.1) is 0 Å². The van der Waals surface area contributed by atoms with E-state index in [1.807, 2.05) is 22.7 Å². The molecule has 2 spiro atoms. The highest BCUT2D eigenvalue weighted by Gasteiger charge is 2.62. The van der Waals surface area contributed by atoms with Crippen molar-refractivity contribution in [2.45, 2.75) is 154 Å². The monoisotopic (exact) mass is 1130 g/mol. The Morgan fingerprint density at radius 3 is 0.667 bits per heavy atom. The number of rotatable bonds is 6. The number of anilines is 6. The van der Waals surface area contributed by atoms with Crippen LogP contribution in [0.3, 0.4) is 0 Å². The maximum Gasteiger partial charge on any atom is 0.101 e. The first-order chi connectivity index (χ1) is 39.7. The number of fused-ring (bicyclic) bond motifs is 14.